The van der Waals surface area contributed by atoms with Crippen LogP contribution >= 0.6 is 0 Å². The van der Waals surface area contributed by atoms with Gasteiger partial charge in [0.05, 0.1) is 5.56 Å². The first-order valence-electron chi connectivity index (χ1n) is 9.96. The molecule has 2 aliphatic rings. The van der Waals surface area contributed by atoms with E-state index >= 15 is 0 Å². The SMILES string of the molecule is Cc1c(C(=O)N2CC[C@H](N3CCN(C)CC3)[C@H](CCCO)C2)ccn1C. The van der Waals surface area contributed by atoms with Crippen molar-refractivity contribution in [3.63, 3.8) is 0 Å². The van der Waals surface area contributed by atoms with Crippen molar-refractivity contribution >= 4 is 5.91 Å². The van der Waals surface area contributed by atoms with E-state index in [-0.39, 0.29) is 12.5 Å². The molecule has 2 saturated heterocycles. The van der Waals surface area contributed by atoms with Gasteiger partial charge in [0.25, 0.3) is 5.91 Å². The van der Waals surface area contributed by atoms with Gasteiger partial charge in [-0.2, -0.15) is 0 Å². The molecule has 1 aromatic rings. The summed E-state index contributed by atoms with van der Waals surface area (Å²) < 4.78 is 2.01. The molecule has 0 aliphatic carbocycles. The van der Waals surface area contributed by atoms with Crippen LogP contribution in [0.3, 0.4) is 0 Å². The number of piperazine rings is 1. The van der Waals surface area contributed by atoms with Crippen molar-refractivity contribution in [1.82, 2.24) is 19.3 Å². The Kier molecular flexibility index (Phi) is 6.37. The van der Waals surface area contributed by atoms with Crippen molar-refractivity contribution in [2.75, 3.05) is 52.9 Å². The summed E-state index contributed by atoms with van der Waals surface area (Å²) in [5.41, 5.74) is 1.86. The van der Waals surface area contributed by atoms with Crippen molar-refractivity contribution in [2.45, 2.75) is 32.2 Å². The number of likely N-dealkylation sites (tertiary alicyclic amines) is 1. The lowest BCUT2D eigenvalue weighted by Gasteiger charge is -2.46. The lowest BCUT2D eigenvalue weighted by molar-refractivity contribution is 0.0217. The van der Waals surface area contributed by atoms with Gasteiger partial charge in [0, 0.05) is 70.9 Å². The van der Waals surface area contributed by atoms with E-state index in [4.69, 9.17) is 0 Å². The molecule has 0 aromatic carbocycles. The molecule has 26 heavy (non-hydrogen) atoms. The van der Waals surface area contributed by atoms with Crippen LogP contribution in [0, 0.1) is 12.8 Å². The lowest BCUT2D eigenvalue weighted by atomic mass is 9.86. The Morgan fingerprint density at radius 2 is 1.92 bits per heavy atom. The number of aryl methyl sites for hydroxylation is 1. The molecule has 146 valence electrons. The van der Waals surface area contributed by atoms with Crippen LogP contribution in [0.4, 0.5) is 0 Å². The monoisotopic (exact) mass is 362 g/mol. The number of hydrogen-bond donors (Lipinski definition) is 1. The number of likely N-dealkylation sites (N-methyl/N-ethyl adjacent to an activating group) is 1. The van der Waals surface area contributed by atoms with Crippen LogP contribution in [0.25, 0.3) is 0 Å². The number of piperidine rings is 1. The van der Waals surface area contributed by atoms with Gasteiger partial charge < -0.3 is 19.5 Å². The first-order valence-corrected chi connectivity index (χ1v) is 9.96. The summed E-state index contributed by atoms with van der Waals surface area (Å²) in [5, 5.41) is 9.32. The van der Waals surface area contributed by atoms with Gasteiger partial charge in [-0.25, -0.2) is 0 Å². The molecule has 6 heteroatoms. The van der Waals surface area contributed by atoms with Crippen LogP contribution in [0.1, 0.15) is 35.3 Å². The third-order valence-electron chi connectivity index (χ3n) is 6.34. The van der Waals surface area contributed by atoms with Gasteiger partial charge in [0.2, 0.25) is 0 Å². The predicted octanol–water partition coefficient (Wildman–Crippen LogP) is 1.18. The summed E-state index contributed by atoms with van der Waals surface area (Å²) >= 11 is 0. The van der Waals surface area contributed by atoms with Gasteiger partial charge in [-0.05, 0) is 45.2 Å². The van der Waals surface area contributed by atoms with Gasteiger partial charge in [0.1, 0.15) is 0 Å². The molecule has 3 heterocycles. The maximum absolute atomic E-state index is 13.0. The van der Waals surface area contributed by atoms with Crippen LogP contribution in [-0.2, 0) is 7.05 Å². The van der Waals surface area contributed by atoms with Crippen LogP contribution in [0.2, 0.25) is 0 Å². The predicted molar refractivity (Wildman–Crippen MR) is 103 cm³/mol. The lowest BCUT2D eigenvalue weighted by Crippen LogP contribution is -2.57. The molecule has 2 aliphatic heterocycles. The van der Waals surface area contributed by atoms with Gasteiger partial charge in [0.15, 0.2) is 0 Å². The second kappa shape index (κ2) is 8.55. The van der Waals surface area contributed by atoms with Gasteiger partial charge >= 0.3 is 0 Å². The van der Waals surface area contributed by atoms with Gasteiger partial charge in [-0.3, -0.25) is 9.69 Å². The molecule has 2 atom stereocenters. The first kappa shape index (κ1) is 19.4. The molecule has 0 saturated carbocycles. The molecule has 0 bridgehead atoms. The Labute approximate surface area is 157 Å². The topological polar surface area (TPSA) is 52.0 Å². The molecule has 2 fully saturated rings. The van der Waals surface area contributed by atoms with Crippen molar-refractivity contribution in [2.24, 2.45) is 13.0 Å². The third kappa shape index (κ3) is 4.13. The molecule has 1 amide bonds. The van der Waals surface area contributed by atoms with E-state index in [0.717, 1.165) is 69.8 Å². The largest absolute Gasteiger partial charge is 0.396 e. The average Bonchev–Trinajstić information content (AvgIpc) is 2.99. The minimum atomic E-state index is 0.161. The molecule has 1 aromatic heterocycles. The highest BCUT2D eigenvalue weighted by Gasteiger charge is 2.36. The van der Waals surface area contributed by atoms with Crippen LogP contribution < -0.4 is 0 Å². The number of carbonyl (C=O) groups excluding carboxylic acids is 1. The summed E-state index contributed by atoms with van der Waals surface area (Å²) in [6, 6.07) is 2.48. The Morgan fingerprint density at radius 3 is 2.54 bits per heavy atom. The molecule has 0 spiro atoms. The van der Waals surface area contributed by atoms with E-state index in [1.807, 2.05) is 35.7 Å². The zero-order chi connectivity index (χ0) is 18.7. The molecule has 0 radical (unpaired) electrons. The van der Waals surface area contributed by atoms with E-state index in [1.165, 1.54) is 0 Å². The summed E-state index contributed by atoms with van der Waals surface area (Å²) in [5.74, 6) is 0.612. The number of aliphatic hydroxyl groups excluding tert-OH is 1. The quantitative estimate of drug-likeness (QED) is 0.855. The first-order chi connectivity index (χ1) is 12.5. The minimum Gasteiger partial charge on any atom is -0.396 e. The molecule has 6 nitrogen and oxygen atoms in total. The summed E-state index contributed by atoms with van der Waals surface area (Å²) in [6.45, 7) is 8.35. The van der Waals surface area contributed by atoms with E-state index in [0.29, 0.717) is 12.0 Å². The number of amides is 1. The van der Waals surface area contributed by atoms with Crippen LogP contribution in [-0.4, -0.2) is 89.2 Å². The molecular formula is C20H34N4O2. The number of aliphatic hydroxyl groups is 1. The van der Waals surface area contributed by atoms with E-state index < -0.39 is 0 Å². The second-order valence-corrected chi connectivity index (χ2v) is 8.00. The van der Waals surface area contributed by atoms with E-state index in [9.17, 15) is 9.90 Å². The normalized spacial score (nSPS) is 25.6. The zero-order valence-electron chi connectivity index (χ0n) is 16.5. The fourth-order valence-electron chi connectivity index (χ4n) is 4.48. The van der Waals surface area contributed by atoms with Crippen LogP contribution in [0.5, 0.6) is 0 Å². The Morgan fingerprint density at radius 1 is 1.19 bits per heavy atom. The van der Waals surface area contributed by atoms with E-state index in [1.54, 1.807) is 0 Å². The Bertz CT molecular complexity index is 607. The number of rotatable bonds is 5. The number of carbonyl (C=O) groups is 1. The minimum absolute atomic E-state index is 0.161. The van der Waals surface area contributed by atoms with Crippen molar-refractivity contribution < 1.29 is 9.90 Å². The Balaban J connectivity index is 1.69. The van der Waals surface area contributed by atoms with E-state index in [2.05, 4.69) is 16.8 Å². The third-order valence-corrected chi connectivity index (χ3v) is 6.34. The maximum atomic E-state index is 13.0. The molecular weight excluding hydrogens is 328 g/mol. The highest BCUT2D eigenvalue weighted by Crippen LogP contribution is 2.28. The summed E-state index contributed by atoms with van der Waals surface area (Å²) in [7, 11) is 4.17. The highest BCUT2D eigenvalue weighted by molar-refractivity contribution is 5.95. The number of hydrogen-bond acceptors (Lipinski definition) is 4. The second-order valence-electron chi connectivity index (χ2n) is 8.00. The smallest absolute Gasteiger partial charge is 0.255 e. The molecule has 3 rings (SSSR count). The maximum Gasteiger partial charge on any atom is 0.255 e. The number of nitrogens with zero attached hydrogens (tertiary/aromatic N) is 4. The van der Waals surface area contributed by atoms with Crippen LogP contribution in [0.15, 0.2) is 12.3 Å². The van der Waals surface area contributed by atoms with Crippen molar-refractivity contribution in [3.8, 4) is 0 Å². The number of aromatic nitrogens is 1. The average molecular weight is 363 g/mol. The standard InChI is InChI=1S/C20H34N4O2/c1-16-18(6-8-22(16)3)20(26)24-9-7-19(17(15-24)5-4-14-25)23-12-10-21(2)11-13-23/h6,8,17,19,25H,4-5,7,9-15H2,1-3H3/t17-,19+/m1/s1. The fourth-order valence-corrected chi connectivity index (χ4v) is 4.48. The van der Waals surface area contributed by atoms with Gasteiger partial charge in [-0.15, -0.1) is 0 Å². The molecule has 1 N–H and O–H groups in total. The highest BCUT2D eigenvalue weighted by atomic mass is 16.3. The van der Waals surface area contributed by atoms with Crippen molar-refractivity contribution in [1.29, 1.82) is 0 Å². The summed E-state index contributed by atoms with van der Waals surface area (Å²) in [4.78, 5) is 20.1. The molecule has 0 unspecified atom stereocenters. The zero-order valence-corrected chi connectivity index (χ0v) is 16.5. The summed E-state index contributed by atoms with van der Waals surface area (Å²) in [6.07, 6.45) is 4.81. The fraction of sp³-hybridized carbons (Fsp3) is 0.750. The van der Waals surface area contributed by atoms with Gasteiger partial charge in [-0.1, -0.05) is 0 Å². The van der Waals surface area contributed by atoms with Crippen molar-refractivity contribution in [3.05, 3.63) is 23.5 Å². The Hall–Kier alpha value is -1.37.